The van der Waals surface area contributed by atoms with Crippen LogP contribution in [0.5, 0.6) is 17.8 Å². The van der Waals surface area contributed by atoms with Crippen LogP contribution >= 0.6 is 0 Å². The molecular weight excluding hydrogens is 598 g/mol. The van der Waals surface area contributed by atoms with Gasteiger partial charge in [-0.05, 0) is 31.9 Å². The number of carbonyl (C=O) groups excluding carboxylic acids is 1. The minimum absolute atomic E-state index is 0.00916. The van der Waals surface area contributed by atoms with Gasteiger partial charge in [-0.15, -0.1) is 0 Å². The van der Waals surface area contributed by atoms with Crippen molar-refractivity contribution in [3.63, 3.8) is 0 Å². The molecule has 1 amide bonds. The van der Waals surface area contributed by atoms with Gasteiger partial charge in [0.05, 0.1) is 45.2 Å². The van der Waals surface area contributed by atoms with Gasteiger partial charge in [0.1, 0.15) is 0 Å². The van der Waals surface area contributed by atoms with Gasteiger partial charge in [0, 0.05) is 57.3 Å². The zero-order valence-corrected chi connectivity index (χ0v) is 27.9. The van der Waals surface area contributed by atoms with Crippen molar-refractivity contribution in [1.82, 2.24) is 24.7 Å². The fraction of sp³-hybridized carbons (Fsp3) is 0.528. The summed E-state index contributed by atoms with van der Waals surface area (Å²) >= 11 is 0. The molecule has 2 aromatic carbocycles. The number of piperazine rings is 2. The summed E-state index contributed by atoms with van der Waals surface area (Å²) in [6.07, 6.45) is -0.648. The van der Waals surface area contributed by atoms with Crippen LogP contribution in [0, 0.1) is 0 Å². The molecule has 0 aliphatic carbocycles. The summed E-state index contributed by atoms with van der Waals surface area (Å²) in [5.41, 5.74) is 3.31. The number of nitrogens with zero attached hydrogens (tertiary/aromatic N) is 5. The van der Waals surface area contributed by atoms with Crippen LogP contribution < -0.4 is 14.2 Å². The van der Waals surface area contributed by atoms with Gasteiger partial charge < -0.3 is 28.6 Å². The zero-order valence-electron chi connectivity index (χ0n) is 27.9. The fourth-order valence-corrected chi connectivity index (χ4v) is 7.10. The molecule has 0 radical (unpaired) electrons. The average Bonchev–Trinajstić information content (AvgIpc) is 3.10. The Morgan fingerprint density at radius 1 is 0.936 bits per heavy atom. The molecule has 3 aliphatic rings. The van der Waals surface area contributed by atoms with Crippen LogP contribution in [0.25, 0.3) is 0 Å². The van der Waals surface area contributed by atoms with Crippen LogP contribution in [-0.4, -0.2) is 121 Å². The molecule has 0 spiro atoms. The van der Waals surface area contributed by atoms with Gasteiger partial charge >= 0.3 is 6.01 Å². The first-order chi connectivity index (χ1) is 22.9. The molecule has 252 valence electrons. The highest BCUT2D eigenvalue weighted by Crippen LogP contribution is 2.38. The average molecular weight is 646 g/mol. The molecule has 4 heterocycles. The number of hydrogen-bond donors (Lipinski definition) is 0. The molecule has 0 N–H and O–H groups in total. The zero-order chi connectivity index (χ0) is 32.8. The fourth-order valence-electron chi connectivity index (χ4n) is 7.10. The van der Waals surface area contributed by atoms with E-state index in [0.29, 0.717) is 57.8 Å². The van der Waals surface area contributed by atoms with Crippen molar-refractivity contribution < 1.29 is 28.5 Å². The summed E-state index contributed by atoms with van der Waals surface area (Å²) in [7, 11) is 1.62. The first-order valence-corrected chi connectivity index (χ1v) is 16.8. The molecule has 3 unspecified atom stereocenters. The van der Waals surface area contributed by atoms with E-state index in [-0.39, 0.29) is 36.0 Å². The molecule has 6 rings (SSSR count). The summed E-state index contributed by atoms with van der Waals surface area (Å²) in [4.78, 5) is 29.9. The van der Waals surface area contributed by atoms with Crippen molar-refractivity contribution in [3.05, 3.63) is 77.4 Å². The lowest BCUT2D eigenvalue weighted by atomic mass is 9.81. The van der Waals surface area contributed by atoms with E-state index in [1.807, 2.05) is 25.7 Å². The monoisotopic (exact) mass is 645 g/mol. The molecule has 3 aromatic rings. The quantitative estimate of drug-likeness (QED) is 0.308. The largest absolute Gasteiger partial charge is 0.481 e. The van der Waals surface area contributed by atoms with Crippen molar-refractivity contribution in [2.75, 3.05) is 66.3 Å². The van der Waals surface area contributed by atoms with Crippen LogP contribution in [0.1, 0.15) is 43.4 Å². The summed E-state index contributed by atoms with van der Waals surface area (Å²) in [5, 5.41) is 0. The molecule has 11 heteroatoms. The molecule has 3 saturated heterocycles. The van der Waals surface area contributed by atoms with Crippen molar-refractivity contribution in [1.29, 1.82) is 0 Å². The van der Waals surface area contributed by atoms with Crippen LogP contribution in [0.4, 0.5) is 0 Å². The SMILES string of the molecule is CCOc1nc(OC)c(CN2CC3CN(C(=O)C4COCCO4)CCN3C(C(c3ccccc3)c3ccccc3)C2)c(OC(C)C)n1. The van der Waals surface area contributed by atoms with E-state index < -0.39 is 6.10 Å². The maximum absolute atomic E-state index is 13.6. The Balaban J connectivity index is 1.36. The lowest BCUT2D eigenvalue weighted by Crippen LogP contribution is -2.68. The number of ether oxygens (including phenoxy) is 5. The van der Waals surface area contributed by atoms with E-state index in [1.165, 1.54) is 11.1 Å². The highest BCUT2D eigenvalue weighted by atomic mass is 16.6. The molecule has 1 aromatic heterocycles. The van der Waals surface area contributed by atoms with Crippen molar-refractivity contribution >= 4 is 5.91 Å². The molecule has 3 atom stereocenters. The second-order valence-corrected chi connectivity index (χ2v) is 12.6. The molecule has 47 heavy (non-hydrogen) atoms. The molecule has 11 nitrogen and oxygen atoms in total. The number of benzene rings is 2. The van der Waals surface area contributed by atoms with E-state index in [1.54, 1.807) is 7.11 Å². The van der Waals surface area contributed by atoms with Gasteiger partial charge in [-0.2, -0.15) is 9.97 Å². The van der Waals surface area contributed by atoms with Gasteiger partial charge in [-0.1, -0.05) is 60.7 Å². The number of carbonyl (C=O) groups is 1. The summed E-state index contributed by atoms with van der Waals surface area (Å²) in [6, 6.07) is 22.0. The van der Waals surface area contributed by atoms with Crippen molar-refractivity contribution in [3.8, 4) is 17.8 Å². The second-order valence-electron chi connectivity index (χ2n) is 12.6. The first-order valence-electron chi connectivity index (χ1n) is 16.8. The van der Waals surface area contributed by atoms with E-state index >= 15 is 0 Å². The maximum atomic E-state index is 13.6. The number of aromatic nitrogens is 2. The first kappa shape index (κ1) is 33.1. The maximum Gasteiger partial charge on any atom is 0.323 e. The van der Waals surface area contributed by atoms with E-state index in [2.05, 4.69) is 80.4 Å². The third kappa shape index (κ3) is 7.70. The predicted octanol–water partition coefficient (Wildman–Crippen LogP) is 3.62. The lowest BCUT2D eigenvalue weighted by molar-refractivity contribution is -0.162. The number of rotatable bonds is 11. The van der Waals surface area contributed by atoms with Crippen LogP contribution in [0.2, 0.25) is 0 Å². The number of methoxy groups -OCH3 is 1. The standard InChI is InChI=1S/C36H47N5O6/c1-5-45-36-37-33(43-4)29(34(38-36)47-25(2)3)22-39-20-28-21-40(35(42)31-24-44-18-19-46-31)16-17-41(28)30(23-39)32(26-12-8-6-9-13-26)27-14-10-7-11-15-27/h6-15,25,28,30-32H,5,16-24H2,1-4H3. The van der Waals surface area contributed by atoms with Crippen LogP contribution in [0.3, 0.4) is 0 Å². The summed E-state index contributed by atoms with van der Waals surface area (Å²) < 4.78 is 29.1. The van der Waals surface area contributed by atoms with E-state index in [4.69, 9.17) is 23.7 Å². The van der Waals surface area contributed by atoms with E-state index in [0.717, 1.165) is 25.2 Å². The number of amides is 1. The summed E-state index contributed by atoms with van der Waals surface area (Å²) in [6.45, 7) is 11.6. The Bertz CT molecular complexity index is 1420. The van der Waals surface area contributed by atoms with Crippen molar-refractivity contribution in [2.45, 2.75) is 57.5 Å². The van der Waals surface area contributed by atoms with Crippen LogP contribution in [-0.2, 0) is 20.8 Å². The second kappa shape index (κ2) is 15.4. The molecular formula is C36H47N5O6. The topological polar surface area (TPSA) is 98.7 Å². The van der Waals surface area contributed by atoms with Crippen LogP contribution in [0.15, 0.2) is 60.7 Å². The summed E-state index contributed by atoms with van der Waals surface area (Å²) in [5.74, 6) is 1.03. The van der Waals surface area contributed by atoms with Gasteiger partial charge in [-0.25, -0.2) is 0 Å². The third-order valence-corrected chi connectivity index (χ3v) is 9.08. The smallest absolute Gasteiger partial charge is 0.323 e. The lowest BCUT2D eigenvalue weighted by Gasteiger charge is -2.53. The molecule has 3 fully saturated rings. The molecule has 3 aliphatic heterocycles. The Kier molecular flexibility index (Phi) is 10.9. The highest BCUT2D eigenvalue weighted by Gasteiger charge is 2.44. The van der Waals surface area contributed by atoms with Crippen molar-refractivity contribution in [2.24, 2.45) is 0 Å². The van der Waals surface area contributed by atoms with Gasteiger partial charge in [0.2, 0.25) is 11.8 Å². The molecule has 0 bridgehead atoms. The number of fused-ring (bicyclic) bond motifs is 1. The minimum atomic E-state index is -0.548. The Morgan fingerprint density at radius 2 is 1.64 bits per heavy atom. The molecule has 0 saturated carbocycles. The van der Waals surface area contributed by atoms with E-state index in [9.17, 15) is 4.79 Å². The normalized spacial score (nSPS) is 22.3. The minimum Gasteiger partial charge on any atom is -0.481 e. The number of hydrogen-bond acceptors (Lipinski definition) is 10. The third-order valence-electron chi connectivity index (χ3n) is 9.08. The van der Waals surface area contributed by atoms with Gasteiger partial charge in [-0.3, -0.25) is 14.6 Å². The Morgan fingerprint density at radius 3 is 2.26 bits per heavy atom. The van der Waals surface area contributed by atoms with Gasteiger partial charge in [0.15, 0.2) is 6.10 Å². The predicted molar refractivity (Wildman–Crippen MR) is 177 cm³/mol. The highest BCUT2D eigenvalue weighted by molar-refractivity contribution is 5.81. The van der Waals surface area contributed by atoms with Gasteiger partial charge in [0.25, 0.3) is 5.91 Å². The Labute approximate surface area is 277 Å². The Hall–Kier alpha value is -3.77.